The summed E-state index contributed by atoms with van der Waals surface area (Å²) >= 11 is 0. The standard InChI is InChI=1S/C27H26N2O/c1-17(2)21-10-7-8-19(4)26(21)29-27(30)23-16-25(20-14-12-18(3)13-15-20)28-24-11-6-5-9-22(23)24/h5-17H,1-4H3,(H,29,30). The van der Waals surface area contributed by atoms with E-state index in [0.717, 1.165) is 39.0 Å². The molecule has 0 aliphatic heterocycles. The number of benzene rings is 3. The van der Waals surface area contributed by atoms with Crippen molar-refractivity contribution >= 4 is 22.5 Å². The molecule has 3 nitrogen and oxygen atoms in total. The maximum atomic E-state index is 13.5. The second-order valence-electron chi connectivity index (χ2n) is 8.09. The van der Waals surface area contributed by atoms with Gasteiger partial charge in [-0.2, -0.15) is 0 Å². The molecular formula is C27H26N2O. The number of rotatable bonds is 4. The van der Waals surface area contributed by atoms with Crippen molar-refractivity contribution in [2.24, 2.45) is 0 Å². The number of para-hydroxylation sites is 2. The highest BCUT2D eigenvalue weighted by molar-refractivity contribution is 6.13. The fourth-order valence-corrected chi connectivity index (χ4v) is 3.76. The van der Waals surface area contributed by atoms with Gasteiger partial charge in [0, 0.05) is 16.6 Å². The first-order valence-electron chi connectivity index (χ1n) is 10.3. The number of pyridine rings is 1. The van der Waals surface area contributed by atoms with Crippen molar-refractivity contribution in [2.45, 2.75) is 33.6 Å². The molecular weight excluding hydrogens is 368 g/mol. The SMILES string of the molecule is Cc1ccc(-c2cc(C(=O)Nc3c(C)cccc3C(C)C)c3ccccc3n2)cc1. The molecule has 0 saturated heterocycles. The van der Waals surface area contributed by atoms with Crippen LogP contribution in [0.1, 0.15) is 46.8 Å². The van der Waals surface area contributed by atoms with E-state index in [4.69, 9.17) is 4.98 Å². The first-order valence-corrected chi connectivity index (χ1v) is 10.3. The maximum absolute atomic E-state index is 13.5. The van der Waals surface area contributed by atoms with Gasteiger partial charge in [-0.25, -0.2) is 4.98 Å². The largest absolute Gasteiger partial charge is 0.321 e. The third-order valence-corrected chi connectivity index (χ3v) is 5.47. The van der Waals surface area contributed by atoms with Gasteiger partial charge in [0.25, 0.3) is 5.91 Å². The summed E-state index contributed by atoms with van der Waals surface area (Å²) < 4.78 is 0. The van der Waals surface area contributed by atoms with E-state index < -0.39 is 0 Å². The van der Waals surface area contributed by atoms with Crippen LogP contribution >= 0.6 is 0 Å². The first kappa shape index (κ1) is 19.8. The Balaban J connectivity index is 1.82. The molecule has 0 spiro atoms. The summed E-state index contributed by atoms with van der Waals surface area (Å²) in [4.78, 5) is 18.3. The summed E-state index contributed by atoms with van der Waals surface area (Å²) in [6.45, 7) is 8.37. The fourth-order valence-electron chi connectivity index (χ4n) is 3.76. The number of nitrogens with zero attached hydrogens (tertiary/aromatic N) is 1. The molecule has 1 N–H and O–H groups in total. The normalized spacial score (nSPS) is 11.1. The monoisotopic (exact) mass is 394 g/mol. The van der Waals surface area contributed by atoms with Crippen LogP contribution in [0.15, 0.2) is 72.8 Å². The van der Waals surface area contributed by atoms with Crippen molar-refractivity contribution < 1.29 is 4.79 Å². The number of hydrogen-bond acceptors (Lipinski definition) is 2. The van der Waals surface area contributed by atoms with E-state index >= 15 is 0 Å². The van der Waals surface area contributed by atoms with Gasteiger partial charge in [0.05, 0.1) is 16.8 Å². The lowest BCUT2D eigenvalue weighted by molar-refractivity contribution is 0.102. The van der Waals surface area contributed by atoms with Crippen LogP contribution in [0, 0.1) is 13.8 Å². The van der Waals surface area contributed by atoms with E-state index in [1.165, 1.54) is 5.56 Å². The summed E-state index contributed by atoms with van der Waals surface area (Å²) in [6.07, 6.45) is 0. The van der Waals surface area contributed by atoms with Crippen molar-refractivity contribution in [3.8, 4) is 11.3 Å². The predicted molar refractivity (Wildman–Crippen MR) is 125 cm³/mol. The molecule has 150 valence electrons. The Bertz CT molecular complexity index is 1220. The third-order valence-electron chi connectivity index (χ3n) is 5.47. The zero-order valence-corrected chi connectivity index (χ0v) is 17.9. The molecule has 0 aliphatic rings. The molecule has 1 amide bonds. The number of carbonyl (C=O) groups is 1. The van der Waals surface area contributed by atoms with Crippen LogP contribution in [0.25, 0.3) is 22.2 Å². The van der Waals surface area contributed by atoms with Crippen LogP contribution in [0.4, 0.5) is 5.69 Å². The number of hydrogen-bond donors (Lipinski definition) is 1. The molecule has 0 radical (unpaired) electrons. The van der Waals surface area contributed by atoms with Crippen LogP contribution in [0.5, 0.6) is 0 Å². The fraction of sp³-hybridized carbons (Fsp3) is 0.185. The van der Waals surface area contributed by atoms with Crippen LogP contribution in [0.3, 0.4) is 0 Å². The Kier molecular flexibility index (Phi) is 5.37. The number of anilines is 1. The number of carbonyl (C=O) groups excluding carboxylic acids is 1. The van der Waals surface area contributed by atoms with Crippen molar-refractivity contribution in [1.82, 2.24) is 4.98 Å². The highest BCUT2D eigenvalue weighted by Gasteiger charge is 2.17. The van der Waals surface area contributed by atoms with Crippen molar-refractivity contribution in [3.63, 3.8) is 0 Å². The predicted octanol–water partition coefficient (Wildman–Crippen LogP) is 6.89. The molecule has 0 atom stereocenters. The summed E-state index contributed by atoms with van der Waals surface area (Å²) in [5, 5.41) is 4.04. The Morgan fingerprint density at radius 2 is 1.63 bits per heavy atom. The first-order chi connectivity index (χ1) is 14.4. The van der Waals surface area contributed by atoms with Crippen molar-refractivity contribution in [2.75, 3.05) is 5.32 Å². The van der Waals surface area contributed by atoms with Gasteiger partial charge >= 0.3 is 0 Å². The molecule has 0 aliphatic carbocycles. The second-order valence-corrected chi connectivity index (χ2v) is 8.09. The van der Waals surface area contributed by atoms with Gasteiger partial charge in [-0.05, 0) is 43.0 Å². The molecule has 3 heteroatoms. The third kappa shape index (κ3) is 3.84. The van der Waals surface area contributed by atoms with Gasteiger partial charge in [-0.15, -0.1) is 0 Å². The highest BCUT2D eigenvalue weighted by Crippen LogP contribution is 2.30. The van der Waals surface area contributed by atoms with E-state index in [0.29, 0.717) is 11.5 Å². The van der Waals surface area contributed by atoms with Gasteiger partial charge in [0.2, 0.25) is 0 Å². The lowest BCUT2D eigenvalue weighted by Crippen LogP contribution is -2.15. The molecule has 0 fully saturated rings. The Morgan fingerprint density at radius 3 is 2.37 bits per heavy atom. The lowest BCUT2D eigenvalue weighted by atomic mass is 9.97. The lowest BCUT2D eigenvalue weighted by Gasteiger charge is -2.17. The summed E-state index contributed by atoms with van der Waals surface area (Å²) in [6, 6.07) is 24.1. The summed E-state index contributed by atoms with van der Waals surface area (Å²) in [5.41, 5.74) is 7.54. The zero-order valence-electron chi connectivity index (χ0n) is 17.9. The summed E-state index contributed by atoms with van der Waals surface area (Å²) in [5.74, 6) is 0.204. The van der Waals surface area contributed by atoms with E-state index in [-0.39, 0.29) is 5.91 Å². The van der Waals surface area contributed by atoms with Gasteiger partial charge < -0.3 is 5.32 Å². The molecule has 4 aromatic rings. The Morgan fingerprint density at radius 1 is 0.900 bits per heavy atom. The van der Waals surface area contributed by atoms with Crippen LogP contribution in [-0.4, -0.2) is 10.9 Å². The molecule has 30 heavy (non-hydrogen) atoms. The topological polar surface area (TPSA) is 42.0 Å². The van der Waals surface area contributed by atoms with Crippen molar-refractivity contribution in [3.05, 3.63) is 95.1 Å². The Labute approximate surface area is 177 Å². The maximum Gasteiger partial charge on any atom is 0.256 e. The van der Waals surface area contributed by atoms with E-state index in [9.17, 15) is 4.79 Å². The molecule has 1 heterocycles. The van der Waals surface area contributed by atoms with Crippen LogP contribution in [-0.2, 0) is 0 Å². The number of aromatic nitrogens is 1. The quantitative estimate of drug-likeness (QED) is 0.409. The van der Waals surface area contributed by atoms with E-state index in [2.05, 4.69) is 44.3 Å². The molecule has 0 saturated carbocycles. The molecule has 1 aromatic heterocycles. The minimum absolute atomic E-state index is 0.113. The number of nitrogens with one attached hydrogen (secondary N) is 1. The van der Waals surface area contributed by atoms with Crippen molar-refractivity contribution in [1.29, 1.82) is 0 Å². The van der Waals surface area contributed by atoms with E-state index in [1.54, 1.807) is 0 Å². The number of amides is 1. The summed E-state index contributed by atoms with van der Waals surface area (Å²) in [7, 11) is 0. The van der Waals surface area contributed by atoms with E-state index in [1.807, 2.05) is 61.5 Å². The molecule has 0 bridgehead atoms. The number of fused-ring (bicyclic) bond motifs is 1. The minimum Gasteiger partial charge on any atom is -0.321 e. The van der Waals surface area contributed by atoms with Gasteiger partial charge in [-0.1, -0.05) is 80.1 Å². The average Bonchev–Trinajstić information content (AvgIpc) is 2.74. The zero-order chi connectivity index (χ0) is 21.3. The average molecular weight is 395 g/mol. The van der Waals surface area contributed by atoms with Gasteiger partial charge in [-0.3, -0.25) is 4.79 Å². The highest BCUT2D eigenvalue weighted by atomic mass is 16.1. The van der Waals surface area contributed by atoms with Gasteiger partial charge in [0.15, 0.2) is 0 Å². The second kappa shape index (κ2) is 8.11. The molecule has 4 rings (SSSR count). The smallest absolute Gasteiger partial charge is 0.256 e. The molecule has 0 unspecified atom stereocenters. The number of aryl methyl sites for hydroxylation is 2. The van der Waals surface area contributed by atoms with Gasteiger partial charge in [0.1, 0.15) is 0 Å². The molecule has 3 aromatic carbocycles. The minimum atomic E-state index is -0.113. The Hall–Kier alpha value is -3.46. The van der Waals surface area contributed by atoms with Crippen LogP contribution in [0.2, 0.25) is 0 Å². The van der Waals surface area contributed by atoms with Crippen LogP contribution < -0.4 is 5.32 Å².